The highest BCUT2D eigenvalue weighted by molar-refractivity contribution is 6.42. The number of rotatable bonds is 5. The second-order valence-electron chi connectivity index (χ2n) is 9.55. The first-order valence-electron chi connectivity index (χ1n) is 12.7. The van der Waals surface area contributed by atoms with Crippen LogP contribution in [0, 0.1) is 35.5 Å². The van der Waals surface area contributed by atoms with Crippen molar-refractivity contribution in [2.75, 3.05) is 27.3 Å². The molecule has 3 aliphatic rings. The van der Waals surface area contributed by atoms with Crippen LogP contribution in [0.1, 0.15) is 48.5 Å². The average Bonchev–Trinajstić information content (AvgIpc) is 3.69. The van der Waals surface area contributed by atoms with Crippen LogP contribution in [0.15, 0.2) is 42.1 Å². The predicted octanol–water partition coefficient (Wildman–Crippen LogP) is 2.85. The van der Waals surface area contributed by atoms with Crippen LogP contribution in [-0.2, 0) is 14.3 Å². The molecule has 0 radical (unpaired) electrons. The summed E-state index contributed by atoms with van der Waals surface area (Å²) in [6, 6.07) is 10.2. The van der Waals surface area contributed by atoms with Gasteiger partial charge in [0.1, 0.15) is 11.1 Å². The number of benzene rings is 1. The van der Waals surface area contributed by atoms with Gasteiger partial charge in [-0.15, -0.1) is 0 Å². The second-order valence-corrected chi connectivity index (χ2v) is 9.55. The summed E-state index contributed by atoms with van der Waals surface area (Å²) in [5, 5.41) is 1.08. The number of Topliss-reactive ketones (excluding diaryl/α,β-unsaturated/α-hetero) is 1. The standard InChI is InChI=1S/C31H30N2O4/c1-20-9-14-26(36-2)28-27(30(20)37-3)25(19-32-28)29(34)31(35)33-17-15-23(16-18-33)24(13-12-21-10-11-21)22-7-5-4-6-8-22/h4-8,19-21,32H,10-11,15-18H2,1-3H3/t20-/m1/s1. The Hall–Kier alpha value is -4.16. The zero-order chi connectivity index (χ0) is 25.9. The van der Waals surface area contributed by atoms with E-state index >= 15 is 0 Å². The van der Waals surface area contributed by atoms with Crippen LogP contribution in [0.2, 0.25) is 0 Å². The zero-order valence-corrected chi connectivity index (χ0v) is 21.4. The van der Waals surface area contributed by atoms with Crippen LogP contribution in [-0.4, -0.2) is 48.9 Å². The van der Waals surface area contributed by atoms with E-state index < -0.39 is 11.7 Å². The number of carbonyl (C=O) groups excluding carboxylic acids is 2. The number of hydrogen-bond acceptors (Lipinski definition) is 4. The monoisotopic (exact) mass is 494 g/mol. The van der Waals surface area contributed by atoms with E-state index in [9.17, 15) is 9.59 Å². The third kappa shape index (κ3) is 4.93. The number of nitrogens with one attached hydrogen (secondary N) is 1. The normalized spacial score (nSPS) is 18.5. The van der Waals surface area contributed by atoms with Crippen molar-refractivity contribution in [3.05, 3.63) is 63.8 Å². The summed E-state index contributed by atoms with van der Waals surface area (Å²) >= 11 is 0. The molecule has 5 rings (SSSR count). The first kappa shape index (κ1) is 24.5. The number of aromatic nitrogens is 1. The maximum absolute atomic E-state index is 13.5. The molecule has 1 saturated heterocycles. The van der Waals surface area contributed by atoms with E-state index in [1.54, 1.807) is 18.2 Å². The van der Waals surface area contributed by atoms with Gasteiger partial charge in [-0.3, -0.25) is 9.59 Å². The van der Waals surface area contributed by atoms with Crippen molar-refractivity contribution in [2.24, 2.45) is 11.8 Å². The van der Waals surface area contributed by atoms with Crippen molar-refractivity contribution in [1.82, 2.24) is 9.88 Å². The van der Waals surface area contributed by atoms with Crippen LogP contribution in [0.4, 0.5) is 0 Å². The van der Waals surface area contributed by atoms with Crippen LogP contribution in [0.25, 0.3) is 17.1 Å². The van der Waals surface area contributed by atoms with Gasteiger partial charge >= 0.3 is 0 Å². The van der Waals surface area contributed by atoms with Gasteiger partial charge in [0.05, 0.1) is 30.9 Å². The van der Waals surface area contributed by atoms with E-state index in [4.69, 9.17) is 9.47 Å². The predicted molar refractivity (Wildman–Crippen MR) is 142 cm³/mol. The van der Waals surface area contributed by atoms with Crippen LogP contribution in [0.3, 0.4) is 0 Å². The fraction of sp³-hybridized carbons (Fsp3) is 0.355. The molecule has 188 valence electrons. The number of methoxy groups -OCH3 is 2. The molecule has 1 aromatic carbocycles. The minimum atomic E-state index is -0.569. The Bertz CT molecular complexity index is 1510. The SMILES string of the molecule is COC1=c2[nH]cc(C(=O)C(=O)N3CCC(=C(C#CC4CC4)c4ccccc4)CC3)c2=C(OC)[C@H](C)C#C1. The number of ether oxygens (including phenoxy) is 2. The summed E-state index contributed by atoms with van der Waals surface area (Å²) in [5.74, 6) is 13.0. The number of fused-ring (bicyclic) bond motifs is 1. The summed E-state index contributed by atoms with van der Waals surface area (Å²) in [6.45, 7) is 2.85. The van der Waals surface area contributed by atoms with Crippen molar-refractivity contribution in [3.8, 4) is 23.7 Å². The Kier molecular flexibility index (Phi) is 6.93. The van der Waals surface area contributed by atoms with Gasteiger partial charge in [0, 0.05) is 30.8 Å². The second kappa shape index (κ2) is 10.4. The third-order valence-electron chi connectivity index (χ3n) is 7.06. The molecular formula is C31H30N2O4. The van der Waals surface area contributed by atoms with E-state index in [0.717, 1.165) is 11.1 Å². The van der Waals surface area contributed by atoms with Crippen LogP contribution >= 0.6 is 0 Å². The molecule has 1 N–H and O–H groups in total. The lowest BCUT2D eigenvalue weighted by atomic mass is 9.93. The van der Waals surface area contributed by atoms with E-state index in [-0.39, 0.29) is 11.5 Å². The molecule has 0 bridgehead atoms. The largest absolute Gasteiger partial charge is 0.499 e. The number of allylic oxidation sites excluding steroid dienone is 1. The topological polar surface area (TPSA) is 71.6 Å². The number of hydrogen-bond donors (Lipinski definition) is 1. The summed E-state index contributed by atoms with van der Waals surface area (Å²) in [5.41, 5.74) is 3.69. The maximum Gasteiger partial charge on any atom is 0.295 e. The first-order chi connectivity index (χ1) is 18.0. The molecule has 2 fully saturated rings. The third-order valence-corrected chi connectivity index (χ3v) is 7.06. The van der Waals surface area contributed by atoms with E-state index in [0.29, 0.717) is 53.9 Å². The molecule has 6 nitrogen and oxygen atoms in total. The lowest BCUT2D eigenvalue weighted by molar-refractivity contribution is -0.126. The molecule has 37 heavy (non-hydrogen) atoms. The highest BCUT2D eigenvalue weighted by atomic mass is 16.5. The van der Waals surface area contributed by atoms with Gasteiger partial charge in [0.25, 0.3) is 11.7 Å². The fourth-order valence-corrected chi connectivity index (χ4v) is 4.85. The number of nitrogens with zero attached hydrogens (tertiary/aromatic N) is 1. The molecule has 2 aromatic rings. The molecule has 0 spiro atoms. The maximum atomic E-state index is 13.5. The van der Waals surface area contributed by atoms with Crippen LogP contribution in [0.5, 0.6) is 0 Å². The Balaban J connectivity index is 1.41. The van der Waals surface area contributed by atoms with Gasteiger partial charge in [-0.25, -0.2) is 0 Å². The lowest BCUT2D eigenvalue weighted by Gasteiger charge is -2.29. The summed E-state index contributed by atoms with van der Waals surface area (Å²) < 4.78 is 11.1. The number of ketones is 1. The summed E-state index contributed by atoms with van der Waals surface area (Å²) in [4.78, 5) is 31.6. The van der Waals surface area contributed by atoms with Crippen molar-refractivity contribution in [3.63, 3.8) is 0 Å². The molecule has 1 amide bonds. The van der Waals surface area contributed by atoms with E-state index in [1.165, 1.54) is 25.5 Å². The van der Waals surface area contributed by atoms with Crippen molar-refractivity contribution in [2.45, 2.75) is 32.6 Å². The van der Waals surface area contributed by atoms with Gasteiger partial charge in [0.15, 0.2) is 5.76 Å². The van der Waals surface area contributed by atoms with Crippen molar-refractivity contribution >= 4 is 28.8 Å². The highest BCUT2D eigenvalue weighted by Gasteiger charge is 2.30. The summed E-state index contributed by atoms with van der Waals surface area (Å²) in [7, 11) is 3.08. The molecule has 1 aliphatic heterocycles. The zero-order valence-electron chi connectivity index (χ0n) is 21.4. The Morgan fingerprint density at radius 1 is 1.08 bits per heavy atom. The van der Waals surface area contributed by atoms with Gasteiger partial charge in [-0.1, -0.05) is 53.7 Å². The Morgan fingerprint density at radius 3 is 2.46 bits per heavy atom. The molecule has 1 saturated carbocycles. The molecule has 2 aliphatic carbocycles. The van der Waals surface area contributed by atoms with Crippen molar-refractivity contribution < 1.29 is 19.1 Å². The molecule has 1 aromatic heterocycles. The number of H-pyrrole nitrogens is 1. The summed E-state index contributed by atoms with van der Waals surface area (Å²) in [6.07, 6.45) is 5.28. The molecule has 0 unspecified atom stereocenters. The molecule has 2 heterocycles. The van der Waals surface area contributed by atoms with Gasteiger partial charge in [0.2, 0.25) is 0 Å². The number of likely N-dealkylation sites (tertiary alicyclic amines) is 1. The minimum absolute atomic E-state index is 0.260. The Morgan fingerprint density at radius 2 is 1.81 bits per heavy atom. The number of carbonyl (C=O) groups is 2. The van der Waals surface area contributed by atoms with E-state index in [2.05, 4.69) is 40.8 Å². The first-order valence-corrected chi connectivity index (χ1v) is 12.7. The quantitative estimate of drug-likeness (QED) is 0.394. The van der Waals surface area contributed by atoms with Crippen LogP contribution < -0.4 is 10.6 Å². The average molecular weight is 495 g/mol. The number of aromatic amines is 1. The molecule has 1 atom stereocenters. The Labute approximate surface area is 217 Å². The lowest BCUT2D eigenvalue weighted by Crippen LogP contribution is -2.43. The molecule has 6 heteroatoms. The van der Waals surface area contributed by atoms with E-state index in [1.807, 2.05) is 25.1 Å². The van der Waals surface area contributed by atoms with Gasteiger partial charge in [-0.05, 0) is 44.1 Å². The van der Waals surface area contributed by atoms with Crippen molar-refractivity contribution in [1.29, 1.82) is 0 Å². The fourth-order valence-electron chi connectivity index (χ4n) is 4.85. The molecular weight excluding hydrogens is 464 g/mol. The smallest absolute Gasteiger partial charge is 0.295 e. The number of amides is 1. The highest BCUT2D eigenvalue weighted by Crippen LogP contribution is 2.30. The van der Waals surface area contributed by atoms with Gasteiger partial charge < -0.3 is 19.4 Å². The van der Waals surface area contributed by atoms with Gasteiger partial charge in [-0.2, -0.15) is 0 Å². The minimum Gasteiger partial charge on any atom is -0.499 e. The number of piperidine rings is 1.